The number of ether oxygens (including phenoxy) is 1. The molecule has 0 aliphatic carbocycles. The summed E-state index contributed by atoms with van der Waals surface area (Å²) in [6.07, 6.45) is -0.447. The summed E-state index contributed by atoms with van der Waals surface area (Å²) in [4.78, 5) is 11.8. The van der Waals surface area contributed by atoms with Crippen molar-refractivity contribution in [3.8, 4) is 5.75 Å². The van der Waals surface area contributed by atoms with Crippen molar-refractivity contribution in [1.82, 2.24) is 9.80 Å². The second kappa shape index (κ2) is 10.0. The molecule has 0 saturated heterocycles. The van der Waals surface area contributed by atoms with Gasteiger partial charge in [0.2, 0.25) is 10.4 Å². The maximum Gasteiger partial charge on any atom is 0.412 e. The van der Waals surface area contributed by atoms with E-state index in [2.05, 4.69) is 30.6 Å². The van der Waals surface area contributed by atoms with Crippen LogP contribution >= 0.6 is 0 Å². The van der Waals surface area contributed by atoms with E-state index >= 15 is 0 Å². The van der Waals surface area contributed by atoms with Gasteiger partial charge in [-0.2, -0.15) is 0 Å². The zero-order chi connectivity index (χ0) is 20.5. The van der Waals surface area contributed by atoms with Gasteiger partial charge in [0.05, 0.1) is 28.3 Å². The molecule has 0 unspecified atom stereocenters. The van der Waals surface area contributed by atoms with Gasteiger partial charge in [0, 0.05) is 12.6 Å². The smallest absolute Gasteiger partial charge is 0.412 e. The van der Waals surface area contributed by atoms with Crippen molar-refractivity contribution in [3.05, 3.63) is 60.2 Å². The van der Waals surface area contributed by atoms with E-state index < -0.39 is 16.5 Å². The molecule has 0 aliphatic heterocycles. The number of carbonyl (C=O) groups excluding carboxylic acids is 1. The van der Waals surface area contributed by atoms with Crippen LogP contribution in [0.5, 0.6) is 5.75 Å². The first-order chi connectivity index (χ1) is 12.5. The largest absolute Gasteiger partial charge is 0.726 e. The minimum atomic E-state index is -4.41. The predicted octanol–water partition coefficient (Wildman–Crippen LogP) is 2.26. The van der Waals surface area contributed by atoms with Gasteiger partial charge in [-0.15, -0.1) is 0 Å². The Hall–Kier alpha value is -2.46. The lowest BCUT2D eigenvalue weighted by Crippen LogP contribution is -2.34. The fourth-order valence-corrected chi connectivity index (χ4v) is 1.88. The van der Waals surface area contributed by atoms with E-state index in [0.717, 1.165) is 18.4 Å². The van der Waals surface area contributed by atoms with Crippen molar-refractivity contribution in [2.24, 2.45) is 0 Å². The maximum atomic E-state index is 11.8. The summed E-state index contributed by atoms with van der Waals surface area (Å²) in [7, 11) is 2.59. The molecular weight excluding hydrogens is 372 g/mol. The Bertz CT molecular complexity index is 832. The zero-order valence-corrected chi connectivity index (χ0v) is 16.5. The van der Waals surface area contributed by atoms with E-state index in [1.807, 2.05) is 48.5 Å². The van der Waals surface area contributed by atoms with Crippen molar-refractivity contribution in [2.45, 2.75) is 6.54 Å². The molecule has 27 heavy (non-hydrogen) atoms. The van der Waals surface area contributed by atoms with Gasteiger partial charge in [0.15, 0.2) is 0 Å². The minimum Gasteiger partial charge on any atom is -0.726 e. The minimum absolute atomic E-state index is 0.447. The third-order valence-corrected chi connectivity index (χ3v) is 3.69. The van der Waals surface area contributed by atoms with Crippen molar-refractivity contribution >= 4 is 22.2 Å². The number of nitrogens with zero attached hydrogens (tertiary/aromatic N) is 1. The first-order valence-electron chi connectivity index (χ1n) is 7.94. The molecule has 0 atom stereocenters. The van der Waals surface area contributed by atoms with Crippen molar-refractivity contribution in [1.29, 1.82) is 0 Å². The van der Waals surface area contributed by atoms with E-state index in [0.29, 0.717) is 16.8 Å². The van der Waals surface area contributed by atoms with Crippen LogP contribution in [0.2, 0.25) is 0 Å². The van der Waals surface area contributed by atoms with Crippen LogP contribution in [0.4, 0.5) is 10.5 Å². The summed E-state index contributed by atoms with van der Waals surface area (Å²) >= 11 is 0. The van der Waals surface area contributed by atoms with Crippen LogP contribution in [-0.4, -0.2) is 47.3 Å². The molecule has 0 heterocycles. The van der Waals surface area contributed by atoms with E-state index in [4.69, 9.17) is 4.74 Å². The number of quaternary nitrogens is 1. The lowest BCUT2D eigenvalue weighted by atomic mass is 10.2. The quantitative estimate of drug-likeness (QED) is 0.472. The van der Waals surface area contributed by atoms with Gasteiger partial charge in [-0.3, -0.25) is 8.67 Å². The lowest BCUT2D eigenvalue weighted by molar-refractivity contribution is 0.200. The normalized spacial score (nSPS) is 11.1. The molecule has 0 saturated carbocycles. The molecule has 1 N–H and O–H groups in total. The number of rotatable bonds is 5. The summed E-state index contributed by atoms with van der Waals surface area (Å²) in [5, 5.41) is 2.74. The van der Waals surface area contributed by atoms with Crippen LogP contribution < -0.4 is 14.5 Å². The highest BCUT2D eigenvalue weighted by Gasteiger charge is 2.13. The van der Waals surface area contributed by atoms with Gasteiger partial charge in [-0.05, 0) is 17.7 Å². The Morgan fingerprint density at radius 2 is 1.67 bits per heavy atom. The Kier molecular flexibility index (Phi) is 8.38. The first-order valence-corrected chi connectivity index (χ1v) is 9.28. The van der Waals surface area contributed by atoms with Crippen LogP contribution in [0.25, 0.3) is 0 Å². The average Bonchev–Trinajstić information content (AvgIpc) is 2.60. The summed E-state index contributed by atoms with van der Waals surface area (Å²) in [6, 6.07) is 17.3. The zero-order valence-electron chi connectivity index (χ0n) is 15.7. The molecule has 0 bridgehead atoms. The predicted molar refractivity (Wildman–Crippen MR) is 102 cm³/mol. The van der Waals surface area contributed by atoms with Crippen LogP contribution in [0, 0.1) is 0 Å². The Morgan fingerprint density at radius 1 is 1.07 bits per heavy atom. The summed E-state index contributed by atoms with van der Waals surface area (Å²) in [6.45, 7) is 0.453. The van der Waals surface area contributed by atoms with Gasteiger partial charge in [0.1, 0.15) is 11.4 Å². The highest BCUT2D eigenvalue weighted by Crippen LogP contribution is 2.22. The highest BCUT2D eigenvalue weighted by atomic mass is 32.3. The average molecular weight is 396 g/mol. The number of benzene rings is 2. The van der Waals surface area contributed by atoms with Crippen molar-refractivity contribution in [3.63, 3.8) is 0 Å². The van der Waals surface area contributed by atoms with Gasteiger partial charge >= 0.3 is 6.09 Å². The van der Waals surface area contributed by atoms with E-state index in [-0.39, 0.29) is 0 Å². The van der Waals surface area contributed by atoms with Crippen molar-refractivity contribution < 1.29 is 26.7 Å². The topological polar surface area (TPSA) is 105 Å². The molecule has 0 spiro atoms. The maximum absolute atomic E-state index is 11.8. The number of hydrogen-bond acceptors (Lipinski definition) is 6. The molecule has 0 fully saturated rings. The van der Waals surface area contributed by atoms with Gasteiger partial charge in [0.25, 0.3) is 0 Å². The number of hydrogen-bond donors (Lipinski definition) is 1. The molecule has 0 radical (unpaired) electrons. The molecule has 0 aliphatic rings. The molecule has 2 aromatic rings. The van der Waals surface area contributed by atoms with E-state index in [9.17, 15) is 17.8 Å². The van der Waals surface area contributed by atoms with Crippen LogP contribution in [0.15, 0.2) is 54.6 Å². The van der Waals surface area contributed by atoms with Crippen molar-refractivity contribution in [2.75, 3.05) is 28.3 Å². The van der Waals surface area contributed by atoms with Crippen LogP contribution in [0.3, 0.4) is 0 Å². The molecule has 8 nitrogen and oxygen atoms in total. The molecule has 2 aromatic carbocycles. The number of amides is 1. The second-order valence-electron chi connectivity index (χ2n) is 6.31. The summed E-state index contributed by atoms with van der Waals surface area (Å²) in [5.41, 5.74) is 2.11. The number of nitrogens with one attached hydrogen (secondary N) is 1. The standard InChI is InChI=1S/C17H20N2O2.CH4O4S/c1-19(2,3)15-10-7-11-16(12-15)21-17(20)18-13-14-8-5-4-6-9-14;1-5-6(2,3)4/h4-12H,13H2,1-3H3;1H3,(H,2,3,4). The Labute approximate surface area is 159 Å². The van der Waals surface area contributed by atoms with Gasteiger partial charge in [-0.1, -0.05) is 36.4 Å². The van der Waals surface area contributed by atoms with Crippen LogP contribution in [0.1, 0.15) is 5.56 Å². The fourth-order valence-electron chi connectivity index (χ4n) is 1.88. The monoisotopic (exact) mass is 396 g/mol. The van der Waals surface area contributed by atoms with Crippen LogP contribution in [-0.2, 0) is 21.1 Å². The summed E-state index contributed by atoms with van der Waals surface area (Å²) in [5.74, 6) is 0.547. The third-order valence-electron chi connectivity index (χ3n) is 3.29. The first kappa shape index (κ1) is 22.6. The highest BCUT2D eigenvalue weighted by molar-refractivity contribution is 7.80. The molecule has 148 valence electrons. The Balaban J connectivity index is 0.000000527. The van der Waals surface area contributed by atoms with Gasteiger partial charge < -0.3 is 14.6 Å². The molecule has 2 rings (SSSR count). The third kappa shape index (κ3) is 9.71. The number of carbonyl (C=O) groups is 1. The molecule has 1 amide bonds. The lowest BCUT2D eigenvalue weighted by Gasteiger charge is -2.23. The fraction of sp³-hybridized carbons (Fsp3) is 0.278. The molecular formula is C18H24N2O6S. The molecule has 9 heteroatoms. The molecule has 0 aromatic heterocycles. The van der Waals surface area contributed by atoms with Gasteiger partial charge in [-0.25, -0.2) is 13.2 Å². The van der Waals surface area contributed by atoms with E-state index in [1.165, 1.54) is 0 Å². The summed E-state index contributed by atoms with van der Waals surface area (Å²) < 4.78 is 37.0. The SMILES string of the molecule is COS(=O)(=O)[O-].C[N+](C)(C)c1cccc(OC(=O)NCc2ccccc2)c1. The Morgan fingerprint density at radius 3 is 2.19 bits per heavy atom. The van der Waals surface area contributed by atoms with E-state index in [1.54, 1.807) is 6.07 Å². The second-order valence-corrected chi connectivity index (χ2v) is 7.46.